The van der Waals surface area contributed by atoms with Gasteiger partial charge in [-0.05, 0) is 30.4 Å². The van der Waals surface area contributed by atoms with Gasteiger partial charge in [0.05, 0.1) is 40.4 Å². The summed E-state index contributed by atoms with van der Waals surface area (Å²) in [5, 5.41) is 6.78. The second-order valence-electron chi connectivity index (χ2n) is 4.32. The number of carbonyl (C=O) groups excluding carboxylic acids is 1. The third-order valence-corrected chi connectivity index (χ3v) is 3.61. The van der Waals surface area contributed by atoms with Gasteiger partial charge in [-0.15, -0.1) is 0 Å². The summed E-state index contributed by atoms with van der Waals surface area (Å²) in [6.45, 7) is 0. The van der Waals surface area contributed by atoms with Gasteiger partial charge in [0.1, 0.15) is 0 Å². The van der Waals surface area contributed by atoms with Gasteiger partial charge < -0.3 is 21.1 Å². The number of ether oxygens (including phenoxy) is 1. The fourth-order valence-electron chi connectivity index (χ4n) is 1.67. The van der Waals surface area contributed by atoms with Crippen LogP contribution >= 0.6 is 35.4 Å². The molecule has 0 aliphatic rings. The van der Waals surface area contributed by atoms with Crippen LogP contribution in [0.1, 0.15) is 10.5 Å². The Hall–Kier alpha value is -2.09. The van der Waals surface area contributed by atoms with Crippen molar-refractivity contribution in [3.8, 4) is 0 Å². The molecular formula is C14H12Cl2N4O2S. The number of nitrogen functional groups attached to an aromatic ring is 1. The lowest BCUT2D eigenvalue weighted by Crippen LogP contribution is -2.21. The molecule has 2 aromatic rings. The second-order valence-corrected chi connectivity index (χ2v) is 5.55. The number of hydrogen-bond donors (Lipinski definition) is 3. The number of halogens is 2. The molecule has 0 bridgehead atoms. The van der Waals surface area contributed by atoms with Gasteiger partial charge >= 0.3 is 5.97 Å². The summed E-state index contributed by atoms with van der Waals surface area (Å²) in [7, 11) is 1.26. The SMILES string of the molecule is COC(=O)c1cc(NC(=S)Nc2c(Cl)cccc2Cl)c(N)cn1. The number of esters is 1. The highest BCUT2D eigenvalue weighted by molar-refractivity contribution is 7.80. The van der Waals surface area contributed by atoms with Crippen LogP contribution in [0.3, 0.4) is 0 Å². The van der Waals surface area contributed by atoms with E-state index in [0.29, 0.717) is 27.1 Å². The number of aromatic nitrogens is 1. The van der Waals surface area contributed by atoms with E-state index in [9.17, 15) is 4.79 Å². The first-order valence-corrected chi connectivity index (χ1v) is 7.44. The van der Waals surface area contributed by atoms with Crippen molar-refractivity contribution in [3.05, 3.63) is 46.2 Å². The monoisotopic (exact) mass is 370 g/mol. The fraction of sp³-hybridized carbons (Fsp3) is 0.0714. The number of methoxy groups -OCH3 is 1. The third-order valence-electron chi connectivity index (χ3n) is 2.78. The molecule has 6 nitrogen and oxygen atoms in total. The van der Waals surface area contributed by atoms with Gasteiger partial charge in [0.2, 0.25) is 0 Å². The predicted octanol–water partition coefficient (Wildman–Crippen LogP) is 3.57. The standard InChI is InChI=1S/C14H12Cl2N4O2S/c1-22-13(21)11-5-10(9(17)6-18-11)19-14(23)20-12-7(15)3-2-4-8(12)16/h2-6H,17H2,1H3,(H2,18,19,20,23). The lowest BCUT2D eigenvalue weighted by atomic mass is 10.3. The van der Waals surface area contributed by atoms with Crippen LogP contribution in [0.4, 0.5) is 17.1 Å². The Labute approximate surface area is 147 Å². The van der Waals surface area contributed by atoms with Crippen molar-refractivity contribution in [3.63, 3.8) is 0 Å². The average molecular weight is 371 g/mol. The minimum atomic E-state index is -0.582. The first-order chi connectivity index (χ1) is 10.9. The van der Waals surface area contributed by atoms with Crippen LogP contribution in [0.5, 0.6) is 0 Å². The van der Waals surface area contributed by atoms with Crippen LogP contribution in [0.15, 0.2) is 30.5 Å². The number of anilines is 3. The van der Waals surface area contributed by atoms with Crippen molar-refractivity contribution in [2.45, 2.75) is 0 Å². The zero-order chi connectivity index (χ0) is 17.0. The van der Waals surface area contributed by atoms with E-state index in [1.54, 1.807) is 18.2 Å². The zero-order valence-corrected chi connectivity index (χ0v) is 14.2. The summed E-state index contributed by atoms with van der Waals surface area (Å²) in [5.74, 6) is -0.582. The summed E-state index contributed by atoms with van der Waals surface area (Å²) >= 11 is 17.3. The minimum Gasteiger partial charge on any atom is -0.464 e. The Bertz CT molecular complexity index is 750. The van der Waals surface area contributed by atoms with Gasteiger partial charge in [0.25, 0.3) is 0 Å². The summed E-state index contributed by atoms with van der Waals surface area (Å²) in [6.07, 6.45) is 1.33. The second kappa shape index (κ2) is 7.45. The molecular weight excluding hydrogens is 359 g/mol. The highest BCUT2D eigenvalue weighted by Crippen LogP contribution is 2.30. The molecule has 2 rings (SSSR count). The summed E-state index contributed by atoms with van der Waals surface area (Å²) < 4.78 is 4.61. The zero-order valence-electron chi connectivity index (χ0n) is 11.9. The van der Waals surface area contributed by atoms with Gasteiger partial charge in [-0.1, -0.05) is 29.3 Å². The molecule has 9 heteroatoms. The largest absolute Gasteiger partial charge is 0.464 e. The molecule has 0 radical (unpaired) electrons. The van der Waals surface area contributed by atoms with Crippen molar-refractivity contribution >= 4 is 63.6 Å². The average Bonchev–Trinajstić information content (AvgIpc) is 2.52. The minimum absolute atomic E-state index is 0.0998. The fourth-order valence-corrected chi connectivity index (χ4v) is 2.38. The number of para-hydroxylation sites is 1. The van der Waals surface area contributed by atoms with E-state index in [2.05, 4.69) is 20.4 Å². The van der Waals surface area contributed by atoms with Gasteiger partial charge in [0, 0.05) is 0 Å². The number of benzene rings is 1. The molecule has 1 aromatic heterocycles. The molecule has 0 aliphatic carbocycles. The van der Waals surface area contributed by atoms with Crippen molar-refractivity contribution < 1.29 is 9.53 Å². The van der Waals surface area contributed by atoms with E-state index in [1.165, 1.54) is 19.4 Å². The van der Waals surface area contributed by atoms with E-state index < -0.39 is 5.97 Å². The maximum absolute atomic E-state index is 11.5. The molecule has 0 aliphatic heterocycles. The quantitative estimate of drug-likeness (QED) is 0.561. The van der Waals surface area contributed by atoms with Gasteiger partial charge in [-0.25, -0.2) is 9.78 Å². The van der Waals surface area contributed by atoms with E-state index in [1.807, 2.05) is 0 Å². The number of nitrogens with one attached hydrogen (secondary N) is 2. The van der Waals surface area contributed by atoms with Crippen LogP contribution in [-0.2, 0) is 4.74 Å². The van der Waals surface area contributed by atoms with Crippen molar-refractivity contribution in [2.75, 3.05) is 23.5 Å². The Kier molecular flexibility index (Phi) is 5.59. The molecule has 0 saturated heterocycles. The molecule has 120 valence electrons. The molecule has 0 atom stereocenters. The van der Waals surface area contributed by atoms with Crippen LogP contribution in [-0.4, -0.2) is 23.2 Å². The number of pyridine rings is 1. The van der Waals surface area contributed by atoms with Crippen LogP contribution in [0, 0.1) is 0 Å². The number of nitrogens with two attached hydrogens (primary N) is 1. The predicted molar refractivity (Wildman–Crippen MR) is 96.3 cm³/mol. The number of thiocarbonyl (C=S) groups is 1. The Morgan fingerprint density at radius 2 is 1.96 bits per heavy atom. The van der Waals surface area contributed by atoms with E-state index in [-0.39, 0.29) is 10.8 Å². The van der Waals surface area contributed by atoms with E-state index >= 15 is 0 Å². The molecule has 0 fully saturated rings. The topological polar surface area (TPSA) is 89.3 Å². The highest BCUT2D eigenvalue weighted by atomic mass is 35.5. The van der Waals surface area contributed by atoms with Crippen LogP contribution < -0.4 is 16.4 Å². The van der Waals surface area contributed by atoms with E-state index in [0.717, 1.165) is 0 Å². The molecule has 0 spiro atoms. The summed E-state index contributed by atoms with van der Waals surface area (Å²) in [4.78, 5) is 15.4. The lowest BCUT2D eigenvalue weighted by molar-refractivity contribution is 0.0594. The molecule has 0 saturated carbocycles. The van der Waals surface area contributed by atoms with Gasteiger partial charge in [-0.2, -0.15) is 0 Å². The van der Waals surface area contributed by atoms with Crippen LogP contribution in [0.25, 0.3) is 0 Å². The Morgan fingerprint density at radius 1 is 1.30 bits per heavy atom. The van der Waals surface area contributed by atoms with Gasteiger partial charge in [0.15, 0.2) is 10.8 Å². The molecule has 1 aromatic carbocycles. The molecule has 0 unspecified atom stereocenters. The van der Waals surface area contributed by atoms with Gasteiger partial charge in [-0.3, -0.25) is 0 Å². The summed E-state index contributed by atoms with van der Waals surface area (Å²) in [6, 6.07) is 6.50. The Morgan fingerprint density at radius 3 is 2.57 bits per heavy atom. The lowest BCUT2D eigenvalue weighted by Gasteiger charge is -2.14. The number of hydrogen-bond acceptors (Lipinski definition) is 5. The Balaban J connectivity index is 2.19. The van der Waals surface area contributed by atoms with Crippen molar-refractivity contribution in [2.24, 2.45) is 0 Å². The number of nitrogens with zero attached hydrogens (tertiary/aromatic N) is 1. The smallest absolute Gasteiger partial charge is 0.356 e. The molecule has 4 N–H and O–H groups in total. The first-order valence-electron chi connectivity index (χ1n) is 6.28. The van der Waals surface area contributed by atoms with Crippen molar-refractivity contribution in [1.82, 2.24) is 4.98 Å². The molecule has 23 heavy (non-hydrogen) atoms. The first kappa shape index (κ1) is 17.3. The number of rotatable bonds is 3. The maximum atomic E-state index is 11.5. The summed E-state index contributed by atoms with van der Waals surface area (Å²) in [5.41, 5.74) is 7.10. The normalized spacial score (nSPS) is 10.0. The van der Waals surface area contributed by atoms with Crippen molar-refractivity contribution in [1.29, 1.82) is 0 Å². The highest BCUT2D eigenvalue weighted by Gasteiger charge is 2.12. The molecule has 0 amide bonds. The van der Waals surface area contributed by atoms with E-state index in [4.69, 9.17) is 41.2 Å². The number of carbonyl (C=O) groups is 1. The molecule has 1 heterocycles. The maximum Gasteiger partial charge on any atom is 0.356 e. The van der Waals surface area contributed by atoms with Crippen LogP contribution in [0.2, 0.25) is 10.0 Å². The third kappa shape index (κ3) is 4.22.